The third kappa shape index (κ3) is 3.43. The van der Waals surface area contributed by atoms with Gasteiger partial charge in [0.25, 0.3) is 0 Å². The van der Waals surface area contributed by atoms with Gasteiger partial charge in [0.1, 0.15) is 0 Å². The van der Waals surface area contributed by atoms with Crippen LogP contribution in [-0.2, 0) is 16.4 Å². The highest BCUT2D eigenvalue weighted by molar-refractivity contribution is 5.79. The van der Waals surface area contributed by atoms with Crippen LogP contribution < -0.4 is 11.1 Å². The van der Waals surface area contributed by atoms with Crippen molar-refractivity contribution in [1.29, 1.82) is 0 Å². The van der Waals surface area contributed by atoms with Crippen LogP contribution in [0.1, 0.15) is 49.7 Å². The molecule has 3 rings (SSSR count). The zero-order valence-electron chi connectivity index (χ0n) is 13.5. The molecule has 2 atom stereocenters. The maximum atomic E-state index is 13.0. The number of hydrogen-bond acceptors (Lipinski definition) is 2. The second kappa shape index (κ2) is 6.39. The van der Waals surface area contributed by atoms with E-state index in [9.17, 15) is 18.0 Å². The van der Waals surface area contributed by atoms with E-state index >= 15 is 0 Å². The maximum absolute atomic E-state index is 13.0. The molecule has 0 spiro atoms. The number of nitrogens with one attached hydrogen (secondary N) is 1. The van der Waals surface area contributed by atoms with Gasteiger partial charge in [0.15, 0.2) is 0 Å². The van der Waals surface area contributed by atoms with E-state index in [0.29, 0.717) is 18.5 Å². The number of hydrogen-bond donors (Lipinski definition) is 2. The summed E-state index contributed by atoms with van der Waals surface area (Å²) in [5.41, 5.74) is 5.53. The molecule has 2 fully saturated rings. The van der Waals surface area contributed by atoms with E-state index in [4.69, 9.17) is 5.73 Å². The Bertz CT molecular complexity index is 611. The predicted octanol–water partition coefficient (Wildman–Crippen LogP) is 3.37. The molecule has 6 heteroatoms. The van der Waals surface area contributed by atoms with E-state index in [1.165, 1.54) is 12.1 Å². The van der Waals surface area contributed by atoms with E-state index in [1.807, 2.05) is 0 Å². The average molecular weight is 340 g/mol. The zero-order valence-corrected chi connectivity index (χ0v) is 13.5. The maximum Gasteiger partial charge on any atom is 0.416 e. The highest BCUT2D eigenvalue weighted by atomic mass is 19.4. The summed E-state index contributed by atoms with van der Waals surface area (Å²) in [6.07, 6.45) is 0.588. The number of amides is 1. The van der Waals surface area contributed by atoms with Gasteiger partial charge in [-0.05, 0) is 43.7 Å². The molecule has 0 aromatic heterocycles. The standard InChI is InChI=1S/C18H23F3N2O/c19-18(20,21)14-4-1-3-13(10-14)17(7-2-8-17)11-23-16(24)12-5-6-15(22)9-12/h1,3-4,10,12,15H,2,5-9,11,22H2,(H,23,24). The fourth-order valence-electron chi connectivity index (χ4n) is 3.85. The van der Waals surface area contributed by atoms with Gasteiger partial charge in [0.05, 0.1) is 5.56 Å². The molecule has 1 aromatic carbocycles. The van der Waals surface area contributed by atoms with Crippen LogP contribution in [0.2, 0.25) is 0 Å². The molecule has 1 aromatic rings. The third-order valence-corrected chi connectivity index (χ3v) is 5.56. The van der Waals surface area contributed by atoms with E-state index in [-0.39, 0.29) is 23.3 Å². The van der Waals surface area contributed by atoms with Gasteiger partial charge < -0.3 is 11.1 Å². The summed E-state index contributed by atoms with van der Waals surface area (Å²) in [6, 6.07) is 5.61. The van der Waals surface area contributed by atoms with Crippen molar-refractivity contribution in [2.75, 3.05) is 6.54 Å². The van der Waals surface area contributed by atoms with Crippen molar-refractivity contribution >= 4 is 5.91 Å². The monoisotopic (exact) mass is 340 g/mol. The summed E-state index contributed by atoms with van der Waals surface area (Å²) in [5, 5.41) is 2.97. The lowest BCUT2D eigenvalue weighted by molar-refractivity contribution is -0.137. The first-order chi connectivity index (χ1) is 11.3. The minimum absolute atomic E-state index is 0.0128. The van der Waals surface area contributed by atoms with Crippen LogP contribution in [0.5, 0.6) is 0 Å². The SMILES string of the molecule is NC1CCC(C(=O)NCC2(c3cccc(C(F)(F)F)c3)CCC2)C1. The van der Waals surface area contributed by atoms with Crippen LogP contribution in [0.3, 0.4) is 0 Å². The van der Waals surface area contributed by atoms with Crippen molar-refractivity contribution in [3.05, 3.63) is 35.4 Å². The molecular formula is C18H23F3N2O. The first kappa shape index (κ1) is 17.3. The zero-order chi connectivity index (χ0) is 17.4. The Kier molecular flexibility index (Phi) is 4.60. The topological polar surface area (TPSA) is 55.1 Å². The fraction of sp³-hybridized carbons (Fsp3) is 0.611. The summed E-state index contributed by atoms with van der Waals surface area (Å²) in [7, 11) is 0. The summed E-state index contributed by atoms with van der Waals surface area (Å²) < 4.78 is 38.9. The summed E-state index contributed by atoms with van der Waals surface area (Å²) in [5.74, 6) is -0.0696. The Morgan fingerprint density at radius 1 is 1.29 bits per heavy atom. The van der Waals surface area contributed by atoms with Crippen LogP contribution in [-0.4, -0.2) is 18.5 Å². The van der Waals surface area contributed by atoms with Crippen molar-refractivity contribution in [1.82, 2.24) is 5.32 Å². The van der Waals surface area contributed by atoms with E-state index in [1.54, 1.807) is 6.07 Å². The van der Waals surface area contributed by atoms with Crippen molar-refractivity contribution in [3.63, 3.8) is 0 Å². The average Bonchev–Trinajstić information content (AvgIpc) is 2.92. The Labute approximate surface area is 139 Å². The first-order valence-electron chi connectivity index (χ1n) is 8.51. The van der Waals surface area contributed by atoms with Gasteiger partial charge in [-0.2, -0.15) is 13.2 Å². The lowest BCUT2D eigenvalue weighted by atomic mass is 9.64. The molecule has 0 saturated heterocycles. The Hall–Kier alpha value is -1.56. The van der Waals surface area contributed by atoms with Gasteiger partial charge >= 0.3 is 6.18 Å². The Balaban J connectivity index is 1.70. The van der Waals surface area contributed by atoms with Crippen LogP contribution in [0.4, 0.5) is 13.2 Å². The minimum Gasteiger partial charge on any atom is -0.355 e. The highest BCUT2D eigenvalue weighted by Crippen LogP contribution is 2.44. The number of carbonyl (C=O) groups is 1. The van der Waals surface area contributed by atoms with Crippen LogP contribution in [0.25, 0.3) is 0 Å². The van der Waals surface area contributed by atoms with Crippen LogP contribution in [0, 0.1) is 5.92 Å². The molecule has 0 radical (unpaired) electrons. The second-order valence-electron chi connectivity index (χ2n) is 7.20. The van der Waals surface area contributed by atoms with Gasteiger partial charge in [-0.3, -0.25) is 4.79 Å². The predicted molar refractivity (Wildman–Crippen MR) is 85.3 cm³/mol. The molecule has 2 unspecified atom stereocenters. The number of halogens is 3. The quantitative estimate of drug-likeness (QED) is 0.883. The number of benzene rings is 1. The second-order valence-corrected chi connectivity index (χ2v) is 7.20. The first-order valence-corrected chi connectivity index (χ1v) is 8.51. The van der Waals surface area contributed by atoms with Gasteiger partial charge in [0, 0.05) is 23.9 Å². The molecule has 2 saturated carbocycles. The normalized spacial score (nSPS) is 26.0. The smallest absolute Gasteiger partial charge is 0.355 e. The number of alkyl halides is 3. The largest absolute Gasteiger partial charge is 0.416 e. The fourth-order valence-corrected chi connectivity index (χ4v) is 3.85. The molecule has 0 bridgehead atoms. The van der Waals surface area contributed by atoms with E-state index in [0.717, 1.165) is 38.2 Å². The summed E-state index contributed by atoms with van der Waals surface area (Å²) >= 11 is 0. The summed E-state index contributed by atoms with van der Waals surface area (Å²) in [6.45, 7) is 0.402. The lowest BCUT2D eigenvalue weighted by Crippen LogP contribution is -2.47. The molecule has 2 aliphatic carbocycles. The highest BCUT2D eigenvalue weighted by Gasteiger charge is 2.41. The van der Waals surface area contributed by atoms with Crippen molar-refractivity contribution in [3.8, 4) is 0 Å². The molecule has 24 heavy (non-hydrogen) atoms. The van der Waals surface area contributed by atoms with Crippen LogP contribution in [0.15, 0.2) is 24.3 Å². The molecule has 132 valence electrons. The van der Waals surface area contributed by atoms with E-state index < -0.39 is 11.7 Å². The number of rotatable bonds is 4. The Morgan fingerprint density at radius 3 is 2.58 bits per heavy atom. The molecule has 2 aliphatic rings. The molecule has 0 heterocycles. The molecule has 3 N–H and O–H groups in total. The lowest BCUT2D eigenvalue weighted by Gasteiger charge is -2.43. The Morgan fingerprint density at radius 2 is 2.04 bits per heavy atom. The molecule has 3 nitrogen and oxygen atoms in total. The minimum atomic E-state index is -4.34. The summed E-state index contributed by atoms with van der Waals surface area (Å²) in [4.78, 5) is 12.3. The van der Waals surface area contributed by atoms with Crippen molar-refractivity contribution < 1.29 is 18.0 Å². The molecule has 1 amide bonds. The van der Waals surface area contributed by atoms with Gasteiger partial charge in [0.2, 0.25) is 5.91 Å². The van der Waals surface area contributed by atoms with Crippen LogP contribution >= 0.6 is 0 Å². The van der Waals surface area contributed by atoms with Crippen molar-refractivity contribution in [2.24, 2.45) is 11.7 Å². The van der Waals surface area contributed by atoms with E-state index in [2.05, 4.69) is 5.32 Å². The molecule has 0 aliphatic heterocycles. The van der Waals surface area contributed by atoms with Gasteiger partial charge in [-0.1, -0.05) is 24.6 Å². The van der Waals surface area contributed by atoms with Gasteiger partial charge in [-0.25, -0.2) is 0 Å². The molecular weight excluding hydrogens is 317 g/mol. The number of carbonyl (C=O) groups excluding carboxylic acids is 1. The number of nitrogens with two attached hydrogens (primary N) is 1. The third-order valence-electron chi connectivity index (χ3n) is 5.56. The van der Waals surface area contributed by atoms with Gasteiger partial charge in [-0.15, -0.1) is 0 Å². The van der Waals surface area contributed by atoms with Crippen molar-refractivity contribution in [2.45, 2.75) is 56.2 Å².